The predicted molar refractivity (Wildman–Crippen MR) is 47.8 cm³/mol. The van der Waals surface area contributed by atoms with Gasteiger partial charge in [0.05, 0.1) is 0 Å². The van der Waals surface area contributed by atoms with Crippen LogP contribution in [0.5, 0.6) is 0 Å². The van der Waals surface area contributed by atoms with Crippen LogP contribution in [-0.4, -0.2) is 16.8 Å². The molecular weight excluding hydrogens is 156 g/mol. The lowest BCUT2D eigenvalue weighted by atomic mass is 9.98. The third-order valence-electron chi connectivity index (χ3n) is 3.05. The Morgan fingerprint density at radius 1 is 1.64 bits per heavy atom. The van der Waals surface area contributed by atoms with Crippen LogP contribution in [0.3, 0.4) is 0 Å². The summed E-state index contributed by atoms with van der Waals surface area (Å²) in [6.45, 7) is 2.33. The standard InChI is InChI=1S/C9H14OS/c1-9(3-2-4-11-9)8-5-7(8)6-10/h6-8H,2-5H2,1H3/t7-,8+,9-/m1/s1. The Kier molecular flexibility index (Phi) is 1.75. The summed E-state index contributed by atoms with van der Waals surface area (Å²) < 4.78 is 0.464. The summed E-state index contributed by atoms with van der Waals surface area (Å²) >= 11 is 2.08. The summed E-state index contributed by atoms with van der Waals surface area (Å²) in [6, 6.07) is 0. The van der Waals surface area contributed by atoms with Crippen LogP contribution in [0, 0.1) is 11.8 Å². The van der Waals surface area contributed by atoms with Crippen LogP contribution in [0.2, 0.25) is 0 Å². The quantitative estimate of drug-likeness (QED) is 0.590. The molecule has 62 valence electrons. The van der Waals surface area contributed by atoms with E-state index in [-0.39, 0.29) is 0 Å². The summed E-state index contributed by atoms with van der Waals surface area (Å²) in [5.74, 6) is 2.43. The van der Waals surface area contributed by atoms with Crippen molar-refractivity contribution in [1.29, 1.82) is 0 Å². The van der Waals surface area contributed by atoms with Gasteiger partial charge in [0.15, 0.2) is 0 Å². The van der Waals surface area contributed by atoms with E-state index in [1.54, 1.807) is 0 Å². The van der Waals surface area contributed by atoms with Crippen LogP contribution in [0.25, 0.3) is 0 Å². The molecule has 0 spiro atoms. The van der Waals surface area contributed by atoms with Gasteiger partial charge < -0.3 is 4.79 Å². The van der Waals surface area contributed by atoms with Crippen LogP contribution in [0.15, 0.2) is 0 Å². The van der Waals surface area contributed by atoms with Crippen molar-refractivity contribution < 1.29 is 4.79 Å². The van der Waals surface area contributed by atoms with Crippen molar-refractivity contribution in [2.24, 2.45) is 11.8 Å². The number of carbonyl (C=O) groups is 1. The first kappa shape index (κ1) is 7.66. The van der Waals surface area contributed by atoms with Crippen LogP contribution >= 0.6 is 11.8 Å². The lowest BCUT2D eigenvalue weighted by Crippen LogP contribution is -2.19. The number of carbonyl (C=O) groups excluding carboxylic acids is 1. The molecule has 1 saturated carbocycles. The fourth-order valence-electron chi connectivity index (χ4n) is 2.16. The molecule has 0 radical (unpaired) electrons. The van der Waals surface area contributed by atoms with Crippen molar-refractivity contribution in [3.63, 3.8) is 0 Å². The van der Waals surface area contributed by atoms with Gasteiger partial charge in [0, 0.05) is 10.7 Å². The zero-order valence-electron chi connectivity index (χ0n) is 6.88. The molecule has 0 unspecified atom stereocenters. The van der Waals surface area contributed by atoms with Gasteiger partial charge in [-0.1, -0.05) is 6.92 Å². The molecule has 0 aromatic rings. The van der Waals surface area contributed by atoms with Gasteiger partial charge in [-0.2, -0.15) is 11.8 Å². The Bertz CT molecular complexity index is 172. The van der Waals surface area contributed by atoms with Gasteiger partial charge in [-0.25, -0.2) is 0 Å². The lowest BCUT2D eigenvalue weighted by molar-refractivity contribution is -0.109. The monoisotopic (exact) mass is 170 g/mol. The second-order valence-electron chi connectivity index (χ2n) is 3.91. The van der Waals surface area contributed by atoms with Crippen molar-refractivity contribution in [3.8, 4) is 0 Å². The van der Waals surface area contributed by atoms with E-state index in [1.165, 1.54) is 18.6 Å². The van der Waals surface area contributed by atoms with Gasteiger partial charge >= 0.3 is 0 Å². The van der Waals surface area contributed by atoms with Crippen LogP contribution in [-0.2, 0) is 4.79 Å². The minimum Gasteiger partial charge on any atom is -0.303 e. The molecule has 2 heteroatoms. The Hall–Kier alpha value is 0.0200. The predicted octanol–water partition coefficient (Wildman–Crippen LogP) is 2.11. The van der Waals surface area contributed by atoms with E-state index in [2.05, 4.69) is 18.7 Å². The molecule has 2 fully saturated rings. The van der Waals surface area contributed by atoms with Gasteiger partial charge in [-0.15, -0.1) is 0 Å². The second-order valence-corrected chi connectivity index (χ2v) is 5.54. The highest BCUT2D eigenvalue weighted by Crippen LogP contribution is 2.56. The Morgan fingerprint density at radius 2 is 2.45 bits per heavy atom. The van der Waals surface area contributed by atoms with E-state index in [0.29, 0.717) is 16.6 Å². The molecule has 0 bridgehead atoms. The molecule has 1 aliphatic carbocycles. The zero-order chi connectivity index (χ0) is 7.90. The maximum Gasteiger partial charge on any atom is 0.123 e. The van der Waals surface area contributed by atoms with Gasteiger partial charge in [0.25, 0.3) is 0 Å². The van der Waals surface area contributed by atoms with Crippen molar-refractivity contribution in [1.82, 2.24) is 0 Å². The molecule has 1 nitrogen and oxygen atoms in total. The van der Waals surface area contributed by atoms with Crippen molar-refractivity contribution in [2.45, 2.75) is 30.9 Å². The first-order valence-corrected chi connectivity index (χ1v) is 5.34. The molecular formula is C9H14OS. The van der Waals surface area contributed by atoms with E-state index in [4.69, 9.17) is 0 Å². The molecule has 1 heterocycles. The summed E-state index contributed by atoms with van der Waals surface area (Å²) in [5.41, 5.74) is 0. The number of aldehydes is 1. The highest BCUT2D eigenvalue weighted by molar-refractivity contribution is 8.00. The fourth-order valence-corrected chi connectivity index (χ4v) is 3.69. The van der Waals surface area contributed by atoms with Crippen molar-refractivity contribution >= 4 is 18.0 Å². The molecule has 0 aromatic carbocycles. The van der Waals surface area contributed by atoms with E-state index >= 15 is 0 Å². The average Bonchev–Trinajstić information content (AvgIpc) is 2.70. The van der Waals surface area contributed by atoms with Crippen LogP contribution in [0.1, 0.15) is 26.2 Å². The number of thioether (sulfide) groups is 1. The SMILES string of the molecule is C[C@]1([C@H]2C[C@@H]2C=O)CCCS1. The van der Waals surface area contributed by atoms with Gasteiger partial charge in [-0.05, 0) is 30.9 Å². The van der Waals surface area contributed by atoms with E-state index in [9.17, 15) is 4.79 Å². The third kappa shape index (κ3) is 1.22. The molecule has 1 aliphatic heterocycles. The van der Waals surface area contributed by atoms with Crippen LogP contribution < -0.4 is 0 Å². The topological polar surface area (TPSA) is 17.1 Å². The largest absolute Gasteiger partial charge is 0.303 e. The van der Waals surface area contributed by atoms with Crippen molar-refractivity contribution in [3.05, 3.63) is 0 Å². The van der Waals surface area contributed by atoms with Crippen LogP contribution in [0.4, 0.5) is 0 Å². The van der Waals surface area contributed by atoms with E-state index in [0.717, 1.165) is 12.7 Å². The van der Waals surface area contributed by atoms with Gasteiger partial charge in [0.2, 0.25) is 0 Å². The highest BCUT2D eigenvalue weighted by Gasteiger charge is 2.51. The molecule has 0 amide bonds. The lowest BCUT2D eigenvalue weighted by Gasteiger charge is -2.21. The normalized spacial score (nSPS) is 49.2. The zero-order valence-corrected chi connectivity index (χ0v) is 7.69. The van der Waals surface area contributed by atoms with Gasteiger partial charge in [0.1, 0.15) is 6.29 Å². The maximum atomic E-state index is 10.5. The average molecular weight is 170 g/mol. The molecule has 11 heavy (non-hydrogen) atoms. The molecule has 0 N–H and O–H groups in total. The Balaban J connectivity index is 1.99. The van der Waals surface area contributed by atoms with Gasteiger partial charge in [-0.3, -0.25) is 0 Å². The first-order chi connectivity index (χ1) is 5.26. The molecule has 0 aromatic heterocycles. The summed E-state index contributed by atoms with van der Waals surface area (Å²) in [5, 5.41) is 0. The molecule has 2 aliphatic rings. The number of hydrogen-bond donors (Lipinski definition) is 0. The summed E-state index contributed by atoms with van der Waals surface area (Å²) in [7, 11) is 0. The fraction of sp³-hybridized carbons (Fsp3) is 0.889. The second kappa shape index (κ2) is 2.51. The minimum atomic E-state index is 0.408. The highest BCUT2D eigenvalue weighted by atomic mass is 32.2. The molecule has 3 atom stereocenters. The van der Waals surface area contributed by atoms with Crippen molar-refractivity contribution in [2.75, 3.05) is 5.75 Å². The van der Waals surface area contributed by atoms with E-state index < -0.39 is 0 Å². The maximum absolute atomic E-state index is 10.5. The molecule has 2 rings (SSSR count). The summed E-state index contributed by atoms with van der Waals surface area (Å²) in [4.78, 5) is 10.5. The third-order valence-corrected chi connectivity index (χ3v) is 4.71. The molecule has 1 saturated heterocycles. The Morgan fingerprint density at radius 3 is 2.91 bits per heavy atom. The number of rotatable bonds is 2. The van der Waals surface area contributed by atoms with E-state index in [1.807, 2.05) is 0 Å². The Labute approximate surface area is 71.9 Å². The minimum absolute atomic E-state index is 0.408. The number of hydrogen-bond acceptors (Lipinski definition) is 2. The summed E-state index contributed by atoms with van der Waals surface area (Å²) in [6.07, 6.45) is 4.98. The smallest absolute Gasteiger partial charge is 0.123 e. The first-order valence-electron chi connectivity index (χ1n) is 4.35.